The van der Waals surface area contributed by atoms with Gasteiger partial charge >= 0.3 is 6.03 Å². The Balaban J connectivity index is 1.68. The van der Waals surface area contributed by atoms with E-state index >= 15 is 0 Å². The summed E-state index contributed by atoms with van der Waals surface area (Å²) in [5.74, 6) is 6.17. The molecule has 0 bridgehead atoms. The molecule has 2 aromatic rings. The number of urea groups is 1. The quantitative estimate of drug-likeness (QED) is 0.820. The van der Waals surface area contributed by atoms with Crippen LogP contribution in [0.3, 0.4) is 0 Å². The number of anilines is 1. The van der Waals surface area contributed by atoms with Gasteiger partial charge in [-0.15, -0.1) is 0 Å². The summed E-state index contributed by atoms with van der Waals surface area (Å²) in [7, 11) is 0. The van der Waals surface area contributed by atoms with Gasteiger partial charge in [0.2, 0.25) is 0 Å². The maximum atomic E-state index is 12.2. The van der Waals surface area contributed by atoms with Crippen LogP contribution in [0.2, 0.25) is 0 Å². The Morgan fingerprint density at radius 2 is 1.74 bits per heavy atom. The molecule has 4 heteroatoms. The van der Waals surface area contributed by atoms with Crippen molar-refractivity contribution in [2.75, 3.05) is 18.4 Å². The van der Waals surface area contributed by atoms with Gasteiger partial charge < -0.3 is 10.2 Å². The molecule has 1 aliphatic rings. The number of carbonyl (C=O) groups excluding carboxylic acids is 1. The SMILES string of the molecule is O=C(Nc1cncc(C#Cc2ccccc2)c1)N1CCCCC1. The standard InChI is InChI=1S/C19H19N3O/c23-19(22-11-5-2-6-12-22)21-18-13-17(14-20-15-18)10-9-16-7-3-1-4-8-16/h1,3-4,7-8,13-15H,2,5-6,11-12H2,(H,21,23). The van der Waals surface area contributed by atoms with Crippen molar-refractivity contribution in [1.82, 2.24) is 9.88 Å². The number of carbonyl (C=O) groups is 1. The van der Waals surface area contributed by atoms with Gasteiger partial charge in [0, 0.05) is 30.4 Å². The van der Waals surface area contributed by atoms with Gasteiger partial charge in [-0.3, -0.25) is 4.98 Å². The maximum Gasteiger partial charge on any atom is 0.321 e. The van der Waals surface area contributed by atoms with E-state index in [1.54, 1.807) is 12.4 Å². The molecule has 1 aromatic heterocycles. The highest BCUT2D eigenvalue weighted by Gasteiger charge is 2.16. The zero-order valence-electron chi connectivity index (χ0n) is 13.0. The highest BCUT2D eigenvalue weighted by molar-refractivity contribution is 5.89. The minimum atomic E-state index is -0.0559. The van der Waals surface area contributed by atoms with Crippen LogP contribution in [0.5, 0.6) is 0 Å². The lowest BCUT2D eigenvalue weighted by Gasteiger charge is -2.26. The Morgan fingerprint density at radius 3 is 2.52 bits per heavy atom. The van der Waals surface area contributed by atoms with Crippen molar-refractivity contribution in [3.05, 3.63) is 59.9 Å². The minimum Gasteiger partial charge on any atom is -0.325 e. The van der Waals surface area contributed by atoms with Crippen molar-refractivity contribution >= 4 is 11.7 Å². The number of rotatable bonds is 1. The number of piperidine rings is 1. The van der Waals surface area contributed by atoms with Crippen LogP contribution in [0.1, 0.15) is 30.4 Å². The number of nitrogens with one attached hydrogen (secondary N) is 1. The molecule has 0 spiro atoms. The third kappa shape index (κ3) is 4.33. The Morgan fingerprint density at radius 1 is 1.00 bits per heavy atom. The average molecular weight is 305 g/mol. The molecular weight excluding hydrogens is 286 g/mol. The fraction of sp³-hybridized carbons (Fsp3) is 0.263. The first-order valence-electron chi connectivity index (χ1n) is 7.89. The monoisotopic (exact) mass is 305 g/mol. The van der Waals surface area contributed by atoms with E-state index in [-0.39, 0.29) is 6.03 Å². The van der Waals surface area contributed by atoms with Crippen LogP contribution in [0.15, 0.2) is 48.8 Å². The van der Waals surface area contributed by atoms with Crippen LogP contribution in [0.25, 0.3) is 0 Å². The molecule has 0 saturated carbocycles. The first-order valence-corrected chi connectivity index (χ1v) is 7.89. The molecule has 2 heterocycles. The molecule has 0 aliphatic carbocycles. The lowest BCUT2D eigenvalue weighted by Crippen LogP contribution is -2.38. The van der Waals surface area contributed by atoms with Crippen molar-refractivity contribution in [2.45, 2.75) is 19.3 Å². The molecule has 1 aromatic carbocycles. The molecule has 1 aliphatic heterocycles. The Bertz CT molecular complexity index is 725. The molecule has 4 nitrogen and oxygen atoms in total. The van der Waals surface area contributed by atoms with Crippen molar-refractivity contribution in [3.63, 3.8) is 0 Å². The second-order valence-corrected chi connectivity index (χ2v) is 5.56. The predicted octanol–water partition coefficient (Wildman–Crippen LogP) is 3.50. The molecular formula is C19H19N3O. The number of likely N-dealkylation sites (tertiary alicyclic amines) is 1. The molecule has 1 N–H and O–H groups in total. The summed E-state index contributed by atoms with van der Waals surface area (Å²) in [5, 5.41) is 2.91. The molecule has 3 rings (SSSR count). The Kier molecular flexibility index (Phi) is 4.90. The largest absolute Gasteiger partial charge is 0.325 e. The second kappa shape index (κ2) is 7.46. The van der Waals surface area contributed by atoms with Crippen LogP contribution in [0.4, 0.5) is 10.5 Å². The summed E-state index contributed by atoms with van der Waals surface area (Å²) >= 11 is 0. The van der Waals surface area contributed by atoms with Crippen LogP contribution in [-0.4, -0.2) is 29.0 Å². The van der Waals surface area contributed by atoms with Gasteiger partial charge in [0.15, 0.2) is 0 Å². The number of pyridine rings is 1. The van der Waals surface area contributed by atoms with Gasteiger partial charge in [-0.2, -0.15) is 0 Å². The van der Waals surface area contributed by atoms with E-state index in [9.17, 15) is 4.79 Å². The first kappa shape index (κ1) is 15.1. The summed E-state index contributed by atoms with van der Waals surface area (Å²) in [4.78, 5) is 18.2. The minimum absolute atomic E-state index is 0.0559. The number of amides is 2. The number of nitrogens with zero attached hydrogens (tertiary/aromatic N) is 2. The maximum absolute atomic E-state index is 12.2. The van der Waals surface area contributed by atoms with E-state index in [1.807, 2.05) is 41.3 Å². The Hall–Kier alpha value is -2.80. The zero-order chi connectivity index (χ0) is 15.9. The molecule has 0 atom stereocenters. The van der Waals surface area contributed by atoms with Crippen LogP contribution >= 0.6 is 0 Å². The second-order valence-electron chi connectivity index (χ2n) is 5.56. The van der Waals surface area contributed by atoms with Gasteiger partial charge in [0.1, 0.15) is 0 Å². The summed E-state index contributed by atoms with van der Waals surface area (Å²) < 4.78 is 0. The van der Waals surface area contributed by atoms with Gasteiger partial charge in [-0.25, -0.2) is 4.79 Å². The van der Waals surface area contributed by atoms with E-state index < -0.39 is 0 Å². The van der Waals surface area contributed by atoms with Gasteiger partial charge in [-0.05, 0) is 37.5 Å². The summed E-state index contributed by atoms with van der Waals surface area (Å²) in [6.45, 7) is 1.65. The predicted molar refractivity (Wildman–Crippen MR) is 91.1 cm³/mol. The van der Waals surface area contributed by atoms with Crippen LogP contribution < -0.4 is 5.32 Å². The number of hydrogen-bond acceptors (Lipinski definition) is 2. The molecule has 1 saturated heterocycles. The van der Waals surface area contributed by atoms with Gasteiger partial charge in [0.25, 0.3) is 0 Å². The van der Waals surface area contributed by atoms with Crippen LogP contribution in [0, 0.1) is 11.8 Å². The summed E-state index contributed by atoms with van der Waals surface area (Å²) in [6.07, 6.45) is 6.71. The summed E-state index contributed by atoms with van der Waals surface area (Å²) in [6, 6.07) is 11.6. The lowest BCUT2D eigenvalue weighted by molar-refractivity contribution is 0.200. The van der Waals surface area contributed by atoms with Crippen molar-refractivity contribution in [1.29, 1.82) is 0 Å². The third-order valence-electron chi connectivity index (χ3n) is 3.76. The summed E-state index contributed by atoms with van der Waals surface area (Å²) in [5.41, 5.74) is 2.42. The van der Waals surface area contributed by atoms with Gasteiger partial charge in [-0.1, -0.05) is 30.0 Å². The fourth-order valence-electron chi connectivity index (χ4n) is 2.54. The lowest BCUT2D eigenvalue weighted by atomic mass is 10.1. The van der Waals surface area contributed by atoms with Crippen molar-refractivity contribution < 1.29 is 4.79 Å². The molecule has 0 unspecified atom stereocenters. The highest BCUT2D eigenvalue weighted by Crippen LogP contribution is 2.13. The topological polar surface area (TPSA) is 45.2 Å². The number of aromatic nitrogens is 1. The smallest absolute Gasteiger partial charge is 0.321 e. The van der Waals surface area contributed by atoms with E-state index in [4.69, 9.17) is 0 Å². The number of hydrogen-bond donors (Lipinski definition) is 1. The molecule has 116 valence electrons. The third-order valence-corrected chi connectivity index (χ3v) is 3.76. The highest BCUT2D eigenvalue weighted by atomic mass is 16.2. The molecule has 0 radical (unpaired) electrons. The van der Waals surface area contributed by atoms with Crippen LogP contribution in [-0.2, 0) is 0 Å². The fourth-order valence-corrected chi connectivity index (χ4v) is 2.54. The van der Waals surface area contributed by atoms with E-state index in [2.05, 4.69) is 22.1 Å². The van der Waals surface area contributed by atoms with Gasteiger partial charge in [0.05, 0.1) is 11.9 Å². The van der Waals surface area contributed by atoms with Crippen molar-refractivity contribution in [3.8, 4) is 11.8 Å². The molecule has 2 amide bonds. The van der Waals surface area contributed by atoms with E-state index in [1.165, 1.54) is 6.42 Å². The molecule has 1 fully saturated rings. The van der Waals surface area contributed by atoms with Crippen molar-refractivity contribution in [2.24, 2.45) is 0 Å². The molecule has 23 heavy (non-hydrogen) atoms. The van der Waals surface area contributed by atoms with E-state index in [0.717, 1.165) is 37.1 Å². The zero-order valence-corrected chi connectivity index (χ0v) is 13.0. The Labute approximate surface area is 136 Å². The first-order chi connectivity index (χ1) is 11.3. The normalized spacial score (nSPS) is 13.8. The average Bonchev–Trinajstić information content (AvgIpc) is 2.62. The van der Waals surface area contributed by atoms with E-state index in [0.29, 0.717) is 5.69 Å². The number of benzene rings is 1.